The number of likely N-dealkylation sites (N-methyl/N-ethyl adjacent to an activating group) is 1. The highest BCUT2D eigenvalue weighted by atomic mass is 35.5. The van der Waals surface area contributed by atoms with Gasteiger partial charge in [-0.2, -0.15) is 0 Å². The molecule has 0 rings (SSSR count). The quantitative estimate of drug-likeness (QED) is 0.638. The van der Waals surface area contributed by atoms with Crippen LogP contribution in [0.2, 0.25) is 0 Å². The molecule has 0 unspecified atom stereocenters. The lowest BCUT2D eigenvalue weighted by Gasteiger charge is -2.12. The third kappa shape index (κ3) is 4.44. The fourth-order valence-electron chi connectivity index (χ4n) is 0.424. The molecule has 0 aromatic heterocycles. The van der Waals surface area contributed by atoms with Crippen molar-refractivity contribution in [3.05, 3.63) is 0 Å². The number of ether oxygens (including phenoxy) is 1. The summed E-state index contributed by atoms with van der Waals surface area (Å²) in [5.74, 6) is -1.10. The minimum atomic E-state index is -1.10. The zero-order valence-electron chi connectivity index (χ0n) is 5.91. The fraction of sp³-hybridized carbons (Fsp3) is 0.600. The first-order chi connectivity index (χ1) is 5.07. The van der Waals surface area contributed by atoms with Crippen molar-refractivity contribution in [2.45, 2.75) is 0 Å². The number of hydrogen-bond acceptors (Lipinski definition) is 3. The molecule has 0 atom stereocenters. The minimum absolute atomic E-state index is 0.275. The molecule has 1 N–H and O–H groups in total. The molecule has 0 aromatic rings. The first-order valence-electron chi connectivity index (χ1n) is 2.73. The van der Waals surface area contributed by atoms with E-state index in [2.05, 4.69) is 4.74 Å². The number of carbonyl (C=O) groups is 2. The van der Waals surface area contributed by atoms with Crippen molar-refractivity contribution in [2.75, 3.05) is 19.7 Å². The van der Waals surface area contributed by atoms with Crippen LogP contribution in [0.25, 0.3) is 0 Å². The van der Waals surface area contributed by atoms with Crippen LogP contribution in [-0.4, -0.2) is 41.7 Å². The van der Waals surface area contributed by atoms with Crippen molar-refractivity contribution in [2.24, 2.45) is 0 Å². The van der Waals surface area contributed by atoms with Crippen LogP contribution in [-0.2, 0) is 9.53 Å². The molecule has 0 heterocycles. The Kier molecular flexibility index (Phi) is 4.36. The number of rotatable bonds is 3. The summed E-state index contributed by atoms with van der Waals surface area (Å²) in [6.07, 6.45) is -0.748. The molecule has 1 amide bonds. The lowest BCUT2D eigenvalue weighted by atomic mass is 10.6. The van der Waals surface area contributed by atoms with Crippen molar-refractivity contribution >= 4 is 23.7 Å². The predicted octanol–water partition coefficient (Wildman–Crippen LogP) is 0.336. The van der Waals surface area contributed by atoms with E-state index >= 15 is 0 Å². The first-order valence-corrected chi connectivity index (χ1v) is 3.27. The van der Waals surface area contributed by atoms with Crippen LogP contribution in [0, 0.1) is 0 Å². The number of halogens is 1. The molecule has 0 saturated carbocycles. The number of carboxylic acid groups (broad SMARTS) is 1. The number of nitrogens with zero attached hydrogens (tertiary/aromatic N) is 1. The first kappa shape index (κ1) is 10.0. The average molecular weight is 182 g/mol. The largest absolute Gasteiger partial charge is 0.480 e. The SMILES string of the molecule is CN(CC(=O)O)C(=O)OCCl. The fourth-order valence-corrected chi connectivity index (χ4v) is 0.518. The van der Waals surface area contributed by atoms with Crippen LogP contribution in [0.15, 0.2) is 0 Å². The van der Waals surface area contributed by atoms with E-state index in [0.29, 0.717) is 0 Å². The highest BCUT2D eigenvalue weighted by Crippen LogP contribution is 1.90. The summed E-state index contributed by atoms with van der Waals surface area (Å²) < 4.78 is 4.29. The van der Waals surface area contributed by atoms with E-state index in [1.54, 1.807) is 0 Å². The van der Waals surface area contributed by atoms with Gasteiger partial charge in [-0.15, -0.1) is 0 Å². The van der Waals surface area contributed by atoms with Gasteiger partial charge in [0.2, 0.25) is 0 Å². The number of amides is 1. The lowest BCUT2D eigenvalue weighted by molar-refractivity contribution is -0.137. The maximum Gasteiger partial charge on any atom is 0.411 e. The molecule has 11 heavy (non-hydrogen) atoms. The average Bonchev–Trinajstić information content (AvgIpc) is 1.86. The second kappa shape index (κ2) is 4.79. The normalized spacial score (nSPS) is 8.91. The van der Waals surface area contributed by atoms with Crippen molar-refractivity contribution in [3.8, 4) is 0 Å². The summed E-state index contributed by atoms with van der Waals surface area (Å²) in [6.45, 7) is -0.393. The van der Waals surface area contributed by atoms with Gasteiger partial charge in [-0.05, 0) is 0 Å². The number of carboxylic acids is 1. The maximum atomic E-state index is 10.6. The van der Waals surface area contributed by atoms with E-state index in [1.165, 1.54) is 7.05 Å². The summed E-state index contributed by atoms with van der Waals surface area (Å²) in [5, 5.41) is 8.22. The van der Waals surface area contributed by atoms with E-state index in [0.717, 1.165) is 4.90 Å². The number of aliphatic carboxylic acids is 1. The molecule has 0 saturated heterocycles. The van der Waals surface area contributed by atoms with Crippen molar-refractivity contribution < 1.29 is 19.4 Å². The molecule has 0 aromatic carbocycles. The Morgan fingerprint density at radius 2 is 2.18 bits per heavy atom. The number of hydrogen-bond donors (Lipinski definition) is 1. The zero-order chi connectivity index (χ0) is 8.85. The summed E-state index contributed by atoms with van der Waals surface area (Å²) in [6, 6.07) is -0.275. The van der Waals surface area contributed by atoms with Crippen LogP contribution in [0.1, 0.15) is 0 Å². The van der Waals surface area contributed by atoms with Gasteiger partial charge in [0.25, 0.3) is 0 Å². The Morgan fingerprint density at radius 1 is 1.64 bits per heavy atom. The predicted molar refractivity (Wildman–Crippen MR) is 37.5 cm³/mol. The topological polar surface area (TPSA) is 66.8 Å². The standard InChI is InChI=1S/C5H8ClNO4/c1-7(2-4(8)9)5(10)11-3-6/h2-3H2,1H3,(H,8,9). The summed E-state index contributed by atoms with van der Waals surface area (Å²) in [4.78, 5) is 21.6. The Hall–Kier alpha value is -0.970. The van der Waals surface area contributed by atoms with Crippen LogP contribution >= 0.6 is 11.6 Å². The summed E-state index contributed by atoms with van der Waals surface area (Å²) in [5.41, 5.74) is 0. The number of carbonyl (C=O) groups excluding carboxylic acids is 1. The maximum absolute atomic E-state index is 10.6. The Labute approximate surface area is 68.5 Å². The molecule has 0 aliphatic carbocycles. The van der Waals surface area contributed by atoms with Crippen molar-refractivity contribution in [3.63, 3.8) is 0 Å². The van der Waals surface area contributed by atoms with Gasteiger partial charge < -0.3 is 14.7 Å². The smallest absolute Gasteiger partial charge is 0.411 e. The van der Waals surface area contributed by atoms with Crippen LogP contribution in [0.5, 0.6) is 0 Å². The van der Waals surface area contributed by atoms with Crippen LogP contribution < -0.4 is 0 Å². The molecule has 6 heteroatoms. The molecule has 5 nitrogen and oxygen atoms in total. The van der Waals surface area contributed by atoms with E-state index in [4.69, 9.17) is 16.7 Å². The van der Waals surface area contributed by atoms with Gasteiger partial charge in [-0.1, -0.05) is 11.6 Å². The van der Waals surface area contributed by atoms with Gasteiger partial charge in [0.1, 0.15) is 6.54 Å². The Balaban J connectivity index is 3.73. The summed E-state index contributed by atoms with van der Waals surface area (Å²) >= 11 is 5.06. The van der Waals surface area contributed by atoms with Gasteiger partial charge >= 0.3 is 12.1 Å². The van der Waals surface area contributed by atoms with E-state index in [1.807, 2.05) is 0 Å². The van der Waals surface area contributed by atoms with Crippen LogP contribution in [0.4, 0.5) is 4.79 Å². The van der Waals surface area contributed by atoms with Gasteiger partial charge in [0, 0.05) is 7.05 Å². The second-order valence-electron chi connectivity index (χ2n) is 1.77. The molecular formula is C5H8ClNO4. The second-order valence-corrected chi connectivity index (χ2v) is 1.99. The third-order valence-electron chi connectivity index (χ3n) is 0.862. The zero-order valence-corrected chi connectivity index (χ0v) is 6.67. The number of alkyl halides is 1. The van der Waals surface area contributed by atoms with Crippen molar-refractivity contribution in [1.82, 2.24) is 4.90 Å². The molecule has 0 fully saturated rings. The third-order valence-corrected chi connectivity index (χ3v) is 0.971. The van der Waals surface area contributed by atoms with E-state index < -0.39 is 18.6 Å². The Morgan fingerprint density at radius 3 is 2.55 bits per heavy atom. The minimum Gasteiger partial charge on any atom is -0.480 e. The highest BCUT2D eigenvalue weighted by molar-refractivity contribution is 6.17. The molecule has 0 aliphatic rings. The monoisotopic (exact) mass is 181 g/mol. The van der Waals surface area contributed by atoms with E-state index in [-0.39, 0.29) is 6.07 Å². The van der Waals surface area contributed by atoms with Gasteiger partial charge in [0.15, 0.2) is 6.07 Å². The van der Waals surface area contributed by atoms with Gasteiger partial charge in [-0.3, -0.25) is 4.79 Å². The molecule has 0 aliphatic heterocycles. The molecule has 0 radical (unpaired) electrons. The molecule has 0 bridgehead atoms. The Bertz CT molecular complexity index is 161. The molecule has 64 valence electrons. The van der Waals surface area contributed by atoms with Crippen LogP contribution in [0.3, 0.4) is 0 Å². The summed E-state index contributed by atoms with van der Waals surface area (Å²) in [7, 11) is 1.31. The van der Waals surface area contributed by atoms with Crippen molar-refractivity contribution in [1.29, 1.82) is 0 Å². The van der Waals surface area contributed by atoms with Gasteiger partial charge in [0.05, 0.1) is 0 Å². The highest BCUT2D eigenvalue weighted by Gasteiger charge is 2.11. The van der Waals surface area contributed by atoms with E-state index in [9.17, 15) is 9.59 Å². The lowest BCUT2D eigenvalue weighted by Crippen LogP contribution is -2.32. The molecular weight excluding hydrogens is 174 g/mol. The molecule has 0 spiro atoms. The van der Waals surface area contributed by atoms with Gasteiger partial charge in [-0.25, -0.2) is 4.79 Å².